The summed E-state index contributed by atoms with van der Waals surface area (Å²) in [6, 6.07) is 12.4. The molecule has 1 aromatic heterocycles. The molecule has 0 aliphatic carbocycles. The largest absolute Gasteiger partial charge is 0.448 e. The van der Waals surface area contributed by atoms with Gasteiger partial charge in [-0.2, -0.15) is 4.68 Å². The molecule has 1 amide bonds. The van der Waals surface area contributed by atoms with E-state index in [-0.39, 0.29) is 23.5 Å². The first-order valence-electron chi connectivity index (χ1n) is 8.72. The van der Waals surface area contributed by atoms with E-state index in [4.69, 9.17) is 4.74 Å². The number of nitro groups is 1. The number of nitrogens with one attached hydrogen (secondary N) is 1. The summed E-state index contributed by atoms with van der Waals surface area (Å²) < 4.78 is 6.17. The minimum atomic E-state index is -0.715. The van der Waals surface area contributed by atoms with Gasteiger partial charge in [-0.3, -0.25) is 14.9 Å². The Hall–Kier alpha value is -3.75. The van der Waals surface area contributed by atoms with E-state index < -0.39 is 16.9 Å². The summed E-state index contributed by atoms with van der Waals surface area (Å²) >= 11 is 0. The summed E-state index contributed by atoms with van der Waals surface area (Å²) in [4.78, 5) is 35.4. The molecule has 0 saturated carbocycles. The highest BCUT2D eigenvalue weighted by molar-refractivity contribution is 6.09. The van der Waals surface area contributed by atoms with E-state index >= 15 is 0 Å². The second-order valence-corrected chi connectivity index (χ2v) is 6.01. The first-order chi connectivity index (χ1) is 13.5. The van der Waals surface area contributed by atoms with Crippen LogP contribution in [0.5, 0.6) is 0 Å². The molecule has 0 atom stereocenters. The Morgan fingerprint density at radius 3 is 2.64 bits per heavy atom. The van der Waals surface area contributed by atoms with Crippen molar-refractivity contribution in [1.82, 2.24) is 9.78 Å². The number of non-ortho nitro benzene ring substituents is 1. The first kappa shape index (κ1) is 19.0. The van der Waals surface area contributed by atoms with Crippen molar-refractivity contribution in [2.24, 2.45) is 0 Å². The predicted molar refractivity (Wildman–Crippen MR) is 102 cm³/mol. The van der Waals surface area contributed by atoms with Crippen LogP contribution in [0, 0.1) is 10.1 Å². The molecule has 0 aliphatic rings. The molecule has 9 nitrogen and oxygen atoms in total. The van der Waals surface area contributed by atoms with E-state index in [1.54, 1.807) is 30.3 Å². The number of unbranched alkanes of at least 4 members (excludes halogenated alkanes) is 1. The molecular weight excluding hydrogens is 364 g/mol. The van der Waals surface area contributed by atoms with Crippen LogP contribution in [0.1, 0.15) is 30.1 Å². The number of anilines is 1. The lowest BCUT2D eigenvalue weighted by molar-refractivity contribution is -0.384. The maximum Gasteiger partial charge on any atom is 0.435 e. The number of carbonyl (C=O) groups excluding carboxylic acids is 2. The van der Waals surface area contributed by atoms with Crippen molar-refractivity contribution in [3.05, 3.63) is 64.2 Å². The van der Waals surface area contributed by atoms with Crippen molar-refractivity contribution in [2.45, 2.75) is 19.8 Å². The van der Waals surface area contributed by atoms with Crippen LogP contribution < -0.4 is 5.32 Å². The van der Waals surface area contributed by atoms with Gasteiger partial charge in [-0.15, -0.1) is 5.10 Å². The van der Waals surface area contributed by atoms with Crippen LogP contribution in [0.3, 0.4) is 0 Å². The van der Waals surface area contributed by atoms with Crippen molar-refractivity contribution in [3.63, 3.8) is 0 Å². The summed E-state index contributed by atoms with van der Waals surface area (Å²) in [5, 5.41) is 18.1. The van der Waals surface area contributed by atoms with Crippen LogP contribution in [0.2, 0.25) is 0 Å². The fourth-order valence-corrected chi connectivity index (χ4v) is 2.59. The minimum absolute atomic E-state index is 0.0417. The molecule has 28 heavy (non-hydrogen) atoms. The molecule has 0 aliphatic heterocycles. The Balaban J connectivity index is 1.99. The minimum Gasteiger partial charge on any atom is -0.448 e. The third-order valence-corrected chi connectivity index (χ3v) is 4.04. The lowest BCUT2D eigenvalue weighted by atomic mass is 10.2. The lowest BCUT2D eigenvalue weighted by Gasteiger charge is -2.04. The maximum atomic E-state index is 12.5. The maximum absolute atomic E-state index is 12.5. The topological polar surface area (TPSA) is 116 Å². The highest BCUT2D eigenvalue weighted by Gasteiger charge is 2.21. The quantitative estimate of drug-likeness (QED) is 0.391. The van der Waals surface area contributed by atoms with Crippen molar-refractivity contribution in [1.29, 1.82) is 0 Å². The van der Waals surface area contributed by atoms with Gasteiger partial charge in [-0.1, -0.05) is 31.5 Å². The third kappa shape index (κ3) is 3.98. The van der Waals surface area contributed by atoms with E-state index in [1.807, 2.05) is 6.92 Å². The summed E-state index contributed by atoms with van der Waals surface area (Å²) in [7, 11) is 0. The van der Waals surface area contributed by atoms with Crippen LogP contribution in [-0.4, -0.2) is 33.3 Å². The molecule has 0 radical (unpaired) electrons. The number of hydrogen-bond acceptors (Lipinski definition) is 6. The van der Waals surface area contributed by atoms with Crippen molar-refractivity contribution in [2.75, 3.05) is 11.9 Å². The number of nitro benzene ring substituents is 1. The Labute approximate surface area is 160 Å². The highest BCUT2D eigenvalue weighted by Crippen LogP contribution is 2.28. The van der Waals surface area contributed by atoms with Gasteiger partial charge in [0.05, 0.1) is 22.4 Å². The van der Waals surface area contributed by atoms with E-state index in [2.05, 4.69) is 10.4 Å². The van der Waals surface area contributed by atoms with Gasteiger partial charge in [0.2, 0.25) is 0 Å². The number of ether oxygens (including phenoxy) is 1. The summed E-state index contributed by atoms with van der Waals surface area (Å²) in [6.45, 7) is 2.20. The number of hydrogen-bond donors (Lipinski definition) is 1. The molecular formula is C19H18N4O5. The Morgan fingerprint density at radius 2 is 1.96 bits per heavy atom. The third-order valence-electron chi connectivity index (χ3n) is 4.04. The molecule has 3 rings (SSSR count). The average Bonchev–Trinajstić information content (AvgIpc) is 3.06. The molecule has 3 aromatic rings. The van der Waals surface area contributed by atoms with Gasteiger partial charge in [0, 0.05) is 17.7 Å². The standard InChI is InChI=1S/C19H18N4O5/c1-2-3-11-28-19(25)22-16-10-9-14(23(26)27)12-15(16)17(21-22)20-18(24)13-7-5-4-6-8-13/h4-10,12H,2-3,11H2,1H3,(H,20,21,24). The van der Waals surface area contributed by atoms with Crippen LogP contribution in [0.25, 0.3) is 10.9 Å². The number of carbonyl (C=O) groups is 2. The Bertz CT molecular complexity index is 1030. The molecule has 144 valence electrons. The van der Waals surface area contributed by atoms with E-state index in [0.29, 0.717) is 17.5 Å². The number of aromatic nitrogens is 2. The zero-order chi connectivity index (χ0) is 20.1. The normalized spacial score (nSPS) is 10.6. The average molecular weight is 382 g/mol. The van der Waals surface area contributed by atoms with Crippen LogP contribution in [0.4, 0.5) is 16.3 Å². The molecule has 1 N–H and O–H groups in total. The highest BCUT2D eigenvalue weighted by atomic mass is 16.6. The first-order valence-corrected chi connectivity index (χ1v) is 8.72. The van der Waals surface area contributed by atoms with Gasteiger partial charge < -0.3 is 10.1 Å². The number of fused-ring (bicyclic) bond motifs is 1. The van der Waals surface area contributed by atoms with Crippen LogP contribution in [0.15, 0.2) is 48.5 Å². The zero-order valence-electron chi connectivity index (χ0n) is 15.1. The van der Waals surface area contributed by atoms with Gasteiger partial charge >= 0.3 is 6.09 Å². The molecule has 1 heterocycles. The Kier molecular flexibility index (Phi) is 5.64. The Morgan fingerprint density at radius 1 is 1.21 bits per heavy atom. The number of rotatable bonds is 6. The van der Waals surface area contributed by atoms with Crippen molar-refractivity contribution in [3.8, 4) is 0 Å². The number of nitrogens with zero attached hydrogens (tertiary/aromatic N) is 3. The van der Waals surface area contributed by atoms with E-state index in [0.717, 1.165) is 11.1 Å². The molecule has 9 heteroatoms. The smallest absolute Gasteiger partial charge is 0.435 e. The lowest BCUT2D eigenvalue weighted by Crippen LogP contribution is -2.17. The van der Waals surface area contributed by atoms with Crippen molar-refractivity contribution >= 4 is 34.4 Å². The second-order valence-electron chi connectivity index (χ2n) is 6.01. The van der Waals surface area contributed by atoms with Crippen LogP contribution >= 0.6 is 0 Å². The molecule has 0 spiro atoms. The van der Waals surface area contributed by atoms with Gasteiger partial charge in [0.25, 0.3) is 11.6 Å². The number of amides is 1. The predicted octanol–water partition coefficient (Wildman–Crippen LogP) is 3.98. The van der Waals surface area contributed by atoms with Gasteiger partial charge in [0.1, 0.15) is 0 Å². The van der Waals surface area contributed by atoms with E-state index in [9.17, 15) is 19.7 Å². The fourth-order valence-electron chi connectivity index (χ4n) is 2.59. The SMILES string of the molecule is CCCCOC(=O)n1nc(NC(=O)c2ccccc2)c2cc([N+](=O)[O-])ccc21. The summed E-state index contributed by atoms with van der Waals surface area (Å²) in [5.74, 6) is -0.405. The summed E-state index contributed by atoms with van der Waals surface area (Å²) in [5.41, 5.74) is 0.512. The second kappa shape index (κ2) is 8.30. The van der Waals surface area contributed by atoms with Gasteiger partial charge in [0.15, 0.2) is 5.82 Å². The van der Waals surface area contributed by atoms with Gasteiger partial charge in [-0.25, -0.2) is 4.79 Å². The molecule has 0 fully saturated rings. The van der Waals surface area contributed by atoms with Crippen molar-refractivity contribution < 1.29 is 19.2 Å². The zero-order valence-corrected chi connectivity index (χ0v) is 15.1. The van der Waals surface area contributed by atoms with Gasteiger partial charge in [-0.05, 0) is 24.6 Å². The molecule has 0 unspecified atom stereocenters. The monoisotopic (exact) mass is 382 g/mol. The number of benzene rings is 2. The molecule has 2 aromatic carbocycles. The van der Waals surface area contributed by atoms with Crippen LogP contribution in [-0.2, 0) is 4.74 Å². The molecule has 0 bridgehead atoms. The van der Waals surface area contributed by atoms with E-state index in [1.165, 1.54) is 18.2 Å². The summed E-state index contributed by atoms with van der Waals surface area (Å²) in [6.07, 6.45) is 0.846. The molecule has 0 saturated heterocycles. The fraction of sp³-hybridized carbons (Fsp3) is 0.211.